The molecule has 0 bridgehead atoms. The van der Waals surface area contributed by atoms with Crippen LogP contribution >= 0.6 is 0 Å². The van der Waals surface area contributed by atoms with E-state index in [1.54, 1.807) is 0 Å². The van der Waals surface area contributed by atoms with Crippen molar-refractivity contribution in [3.05, 3.63) is 61.3 Å². The van der Waals surface area contributed by atoms with Crippen molar-refractivity contribution in [3.63, 3.8) is 0 Å². The average molecular weight is 344 g/mol. The van der Waals surface area contributed by atoms with E-state index in [0.717, 1.165) is 0 Å². The van der Waals surface area contributed by atoms with Crippen molar-refractivity contribution in [3.8, 4) is 0 Å². The third-order valence-corrected chi connectivity index (χ3v) is 0. The van der Waals surface area contributed by atoms with E-state index in [1.807, 2.05) is 0 Å². The summed E-state index contributed by atoms with van der Waals surface area (Å²) >= 11 is 0. The summed E-state index contributed by atoms with van der Waals surface area (Å²) in [6.07, 6.45) is 0. The maximum absolute atomic E-state index is 8.25. The molecule has 0 amide bonds. The summed E-state index contributed by atoms with van der Waals surface area (Å²) in [5, 5.41) is 59.0. The van der Waals surface area contributed by atoms with E-state index in [0.29, 0.717) is 0 Å². The molecule has 102 valence electrons. The van der Waals surface area contributed by atoms with Crippen molar-refractivity contribution in [2.45, 2.75) is 0 Å². The Morgan fingerprint density at radius 2 is 0.444 bits per heavy atom. The fourth-order valence-electron chi connectivity index (χ4n) is 0. The summed E-state index contributed by atoms with van der Waals surface area (Å²) in [4.78, 5) is 33.0. The number of nitrogens with zero attached hydrogens (tertiary/aromatic N) is 4. The van der Waals surface area contributed by atoms with Gasteiger partial charge < -0.3 is 61.3 Å². The normalized spacial score (nSPS) is 5.33. The molecule has 0 fully saturated rings. The fraction of sp³-hybridized carbons (Fsp3) is 0. The van der Waals surface area contributed by atoms with Crippen LogP contribution in [-0.4, -0.2) is 58.1 Å². The monoisotopic (exact) mass is 344 g/mol. The molecule has 0 saturated heterocycles. The van der Waals surface area contributed by atoms with Crippen LogP contribution in [0.4, 0.5) is 0 Å². The van der Waals surface area contributed by atoms with Crippen molar-refractivity contribution < 1.29 is 37.4 Å². The minimum absolute atomic E-state index is 0. The van der Waals surface area contributed by atoms with Crippen LogP contribution in [0.1, 0.15) is 0 Å². The zero-order valence-corrected chi connectivity index (χ0v) is 11.1. The van der Waals surface area contributed by atoms with Crippen LogP contribution in [0.15, 0.2) is 0 Å². The molecule has 0 heterocycles. The van der Waals surface area contributed by atoms with Gasteiger partial charge in [-0.15, -0.1) is 0 Å². The first-order valence-corrected chi connectivity index (χ1v) is 2.19. The number of hydrogen-bond acceptors (Lipinski definition) is 12. The molecule has 0 aromatic carbocycles. The Bertz CT molecular complexity index is 164. The molecule has 0 N–H and O–H groups in total. The predicted octanol–water partition coefficient (Wildman–Crippen LogP) is -1.34. The molecule has 0 rings (SSSR count). The van der Waals surface area contributed by atoms with E-state index in [2.05, 4.69) is 0 Å². The Kier molecular flexibility index (Phi) is 59.1. The Balaban J connectivity index is -0.0000000257. The van der Waals surface area contributed by atoms with Gasteiger partial charge in [-0.25, -0.2) is 0 Å². The van der Waals surface area contributed by atoms with Gasteiger partial charge in [-0.1, -0.05) is 0 Å². The van der Waals surface area contributed by atoms with Crippen molar-refractivity contribution in [1.82, 2.24) is 0 Å². The molecule has 0 aromatic heterocycles. The molecule has 0 radical (unpaired) electrons. The van der Waals surface area contributed by atoms with Gasteiger partial charge in [0, 0.05) is 0 Å². The first-order chi connectivity index (χ1) is 6.93. The molecule has 18 heteroatoms. The summed E-state index contributed by atoms with van der Waals surface area (Å²) in [5.74, 6) is 0. The number of hydrogen-bond donors (Lipinski definition) is 0. The summed E-state index contributed by atoms with van der Waals surface area (Å²) in [6.45, 7) is 0. The van der Waals surface area contributed by atoms with Gasteiger partial charge in [-0.05, 0) is 0 Å². The van der Waals surface area contributed by atoms with Gasteiger partial charge in [0.25, 0.3) is 0 Å². The largest absolute Gasteiger partial charge is 2.00 e. The molecule has 0 aromatic rings. The fourth-order valence-corrected chi connectivity index (χ4v) is 0. The second kappa shape index (κ2) is 29.6. The van der Waals surface area contributed by atoms with Gasteiger partial charge in [-0.3, -0.25) is 0 Å². The van der Waals surface area contributed by atoms with Crippen molar-refractivity contribution in [2.75, 3.05) is 0 Å². The second-order valence-electron chi connectivity index (χ2n) is 0.894. The Morgan fingerprint density at radius 1 is 0.444 bits per heavy atom. The van der Waals surface area contributed by atoms with E-state index >= 15 is 0 Å². The first-order valence-electron chi connectivity index (χ1n) is 2.19. The first kappa shape index (κ1) is 36.0. The standard InChI is InChI=1S/Ca.Fe.4NO3/c;;4*2-1(3)4/q2*+2;4*-1. The molecule has 0 aliphatic rings. The third kappa shape index (κ3) is 1330. The van der Waals surface area contributed by atoms with Gasteiger partial charge in [0.1, 0.15) is 0 Å². The van der Waals surface area contributed by atoms with E-state index < -0.39 is 20.3 Å². The molecule has 0 atom stereocenters. The summed E-state index contributed by atoms with van der Waals surface area (Å²) in [5.41, 5.74) is 0. The van der Waals surface area contributed by atoms with Gasteiger partial charge in [0.05, 0.1) is 20.3 Å². The predicted molar refractivity (Wildman–Crippen MR) is 47.2 cm³/mol. The van der Waals surface area contributed by atoms with E-state index in [-0.39, 0.29) is 54.8 Å². The number of rotatable bonds is 0. The van der Waals surface area contributed by atoms with Gasteiger partial charge >= 0.3 is 54.8 Å². The molecule has 0 saturated carbocycles. The van der Waals surface area contributed by atoms with Crippen LogP contribution in [0.3, 0.4) is 0 Å². The summed E-state index contributed by atoms with van der Waals surface area (Å²) in [6, 6.07) is 0. The van der Waals surface area contributed by atoms with Crippen LogP contribution in [0, 0.1) is 61.3 Å². The van der Waals surface area contributed by atoms with Gasteiger partial charge in [0.15, 0.2) is 0 Å². The summed E-state index contributed by atoms with van der Waals surface area (Å²) < 4.78 is 0. The molecule has 0 unspecified atom stereocenters. The van der Waals surface area contributed by atoms with E-state index in [1.165, 1.54) is 0 Å². The minimum atomic E-state index is -1.75. The smallest absolute Gasteiger partial charge is 0.356 e. The molecule has 16 nitrogen and oxygen atoms in total. The molecular weight excluding hydrogens is 344 g/mol. The Labute approximate surface area is 136 Å². The van der Waals surface area contributed by atoms with E-state index in [9.17, 15) is 0 Å². The molecule has 0 aliphatic carbocycles. The van der Waals surface area contributed by atoms with Crippen LogP contribution in [-0.2, 0) is 17.1 Å². The van der Waals surface area contributed by atoms with Gasteiger partial charge in [-0.2, -0.15) is 0 Å². The molecule has 0 aliphatic heterocycles. The zero-order chi connectivity index (χ0) is 14.3. The van der Waals surface area contributed by atoms with Crippen molar-refractivity contribution in [2.24, 2.45) is 0 Å². The topological polar surface area (TPSA) is 265 Å². The van der Waals surface area contributed by atoms with Crippen LogP contribution in [0.5, 0.6) is 0 Å². The summed E-state index contributed by atoms with van der Waals surface area (Å²) in [7, 11) is 0. The maximum Gasteiger partial charge on any atom is 2.00 e. The average Bonchev–Trinajstić information content (AvgIpc) is 1.76. The van der Waals surface area contributed by atoms with E-state index in [4.69, 9.17) is 61.3 Å². The van der Waals surface area contributed by atoms with Crippen LogP contribution in [0.2, 0.25) is 0 Å². The van der Waals surface area contributed by atoms with Crippen molar-refractivity contribution in [1.29, 1.82) is 0 Å². The second-order valence-corrected chi connectivity index (χ2v) is 0.894. The molecule has 0 spiro atoms. The maximum atomic E-state index is 8.25. The zero-order valence-electron chi connectivity index (χ0n) is 7.75. The molecule has 18 heavy (non-hydrogen) atoms. The third-order valence-electron chi connectivity index (χ3n) is 0. The SMILES string of the molecule is O=[N+]([O-])[O-].O=[N+]([O-])[O-].O=[N+]([O-])[O-].O=[N+]([O-])[O-].[Ca+2].[Fe+2]. The van der Waals surface area contributed by atoms with Crippen LogP contribution in [0.25, 0.3) is 0 Å². The van der Waals surface area contributed by atoms with Crippen molar-refractivity contribution >= 4 is 37.7 Å². The van der Waals surface area contributed by atoms with Crippen LogP contribution < -0.4 is 0 Å². The minimum Gasteiger partial charge on any atom is -0.356 e. The Morgan fingerprint density at radius 3 is 0.444 bits per heavy atom. The molecular formula is CaFeN4O12. The van der Waals surface area contributed by atoms with Gasteiger partial charge in [0.2, 0.25) is 0 Å². The quantitative estimate of drug-likeness (QED) is 0.280. The Hall–Kier alpha value is -1.42.